The van der Waals surface area contributed by atoms with Crippen LogP contribution in [0.5, 0.6) is 0 Å². The van der Waals surface area contributed by atoms with E-state index in [9.17, 15) is 9.59 Å². The summed E-state index contributed by atoms with van der Waals surface area (Å²) in [6, 6.07) is 3.58. The minimum Gasteiger partial charge on any atom is -0.465 e. The predicted molar refractivity (Wildman–Crippen MR) is 79.4 cm³/mol. The van der Waals surface area contributed by atoms with Crippen LogP contribution in [0.25, 0.3) is 5.65 Å². The predicted octanol–water partition coefficient (Wildman–Crippen LogP) is 1.76. The van der Waals surface area contributed by atoms with Gasteiger partial charge in [-0.15, -0.1) is 0 Å². The van der Waals surface area contributed by atoms with Gasteiger partial charge in [0.2, 0.25) is 0 Å². The fourth-order valence-electron chi connectivity index (χ4n) is 3.28. The highest BCUT2D eigenvalue weighted by molar-refractivity contribution is 5.65. The minimum atomic E-state index is -0.871. The molecule has 116 valence electrons. The molecular weight excluding hydrogens is 284 g/mol. The number of rotatable bonds is 2. The van der Waals surface area contributed by atoms with Crippen LogP contribution >= 0.6 is 0 Å². The molecule has 0 unspecified atom stereocenters. The lowest BCUT2D eigenvalue weighted by atomic mass is 9.93. The summed E-state index contributed by atoms with van der Waals surface area (Å²) < 4.78 is 1.84. The topological polar surface area (TPSA) is 90.7 Å². The Kier molecular flexibility index (Phi) is 2.95. The Balaban J connectivity index is 1.68. The number of nitrogens with zero attached hydrogens (tertiary/aromatic N) is 3. The van der Waals surface area contributed by atoms with E-state index >= 15 is 0 Å². The van der Waals surface area contributed by atoms with Crippen molar-refractivity contribution in [1.29, 1.82) is 0 Å². The van der Waals surface area contributed by atoms with Crippen molar-refractivity contribution in [3.8, 4) is 0 Å². The molecule has 1 aliphatic heterocycles. The molecule has 0 bridgehead atoms. The second kappa shape index (κ2) is 4.86. The fraction of sp³-hybridized carbons (Fsp3) is 0.533. The standard InChI is InChI=1S/C15H18N4O3/c20-14-8-12(10-3-5-18(6-4-10)15(21)22)19-13(16-14)7-11(17-19)9-1-2-9/h7-10H,1-6H2,(H,16,20)(H,21,22). The third-order valence-corrected chi connectivity index (χ3v) is 4.68. The van der Waals surface area contributed by atoms with Crippen LogP contribution in [0.2, 0.25) is 0 Å². The SMILES string of the molecule is O=C(O)N1CCC(c2cc(=O)[nH]c3cc(C4CC4)nn23)CC1. The number of fused-ring (bicyclic) bond motifs is 1. The molecule has 0 radical (unpaired) electrons. The van der Waals surface area contributed by atoms with Crippen molar-refractivity contribution in [3.63, 3.8) is 0 Å². The number of aromatic nitrogens is 3. The summed E-state index contributed by atoms with van der Waals surface area (Å²) in [4.78, 5) is 27.2. The molecule has 1 aliphatic carbocycles. The fourth-order valence-corrected chi connectivity index (χ4v) is 3.28. The van der Waals surface area contributed by atoms with Gasteiger partial charge in [0.05, 0.1) is 11.4 Å². The van der Waals surface area contributed by atoms with E-state index in [1.54, 1.807) is 6.07 Å². The molecule has 1 saturated carbocycles. The van der Waals surface area contributed by atoms with E-state index in [1.165, 1.54) is 17.7 Å². The number of carbonyl (C=O) groups is 1. The Bertz CT molecular complexity index is 782. The lowest BCUT2D eigenvalue weighted by molar-refractivity contribution is 0.131. The lowest BCUT2D eigenvalue weighted by Gasteiger charge is -2.30. The molecule has 22 heavy (non-hydrogen) atoms. The van der Waals surface area contributed by atoms with Gasteiger partial charge in [-0.2, -0.15) is 5.10 Å². The van der Waals surface area contributed by atoms with Crippen LogP contribution in [-0.4, -0.2) is 43.8 Å². The van der Waals surface area contributed by atoms with Gasteiger partial charge in [-0.05, 0) is 25.7 Å². The number of aromatic amines is 1. The van der Waals surface area contributed by atoms with E-state index in [0.717, 1.165) is 29.9 Å². The molecule has 0 aromatic carbocycles. The zero-order valence-corrected chi connectivity index (χ0v) is 12.2. The first-order valence-electron chi connectivity index (χ1n) is 7.72. The van der Waals surface area contributed by atoms with Crippen molar-refractivity contribution in [1.82, 2.24) is 19.5 Å². The van der Waals surface area contributed by atoms with Crippen LogP contribution < -0.4 is 5.56 Å². The molecule has 0 spiro atoms. The smallest absolute Gasteiger partial charge is 0.407 e. The van der Waals surface area contributed by atoms with Crippen LogP contribution in [0, 0.1) is 0 Å². The monoisotopic (exact) mass is 302 g/mol. The number of H-pyrrole nitrogens is 1. The van der Waals surface area contributed by atoms with Crippen LogP contribution in [0.15, 0.2) is 16.9 Å². The van der Waals surface area contributed by atoms with Gasteiger partial charge in [0.25, 0.3) is 5.56 Å². The average molecular weight is 302 g/mol. The number of piperidine rings is 1. The number of hydrogen-bond donors (Lipinski definition) is 2. The van der Waals surface area contributed by atoms with Crippen molar-refractivity contribution in [2.24, 2.45) is 0 Å². The van der Waals surface area contributed by atoms with Crippen molar-refractivity contribution in [2.45, 2.75) is 37.5 Å². The molecule has 7 nitrogen and oxygen atoms in total. The van der Waals surface area contributed by atoms with E-state index < -0.39 is 6.09 Å². The van der Waals surface area contributed by atoms with E-state index in [1.807, 2.05) is 10.6 Å². The first-order chi connectivity index (χ1) is 10.6. The van der Waals surface area contributed by atoms with Crippen molar-refractivity contribution in [3.05, 3.63) is 33.9 Å². The van der Waals surface area contributed by atoms with Crippen LogP contribution in [0.4, 0.5) is 4.79 Å². The van der Waals surface area contributed by atoms with E-state index in [2.05, 4.69) is 10.1 Å². The van der Waals surface area contributed by atoms with Gasteiger partial charge in [-0.25, -0.2) is 9.31 Å². The quantitative estimate of drug-likeness (QED) is 0.884. The second-order valence-electron chi connectivity index (χ2n) is 6.24. The summed E-state index contributed by atoms with van der Waals surface area (Å²) >= 11 is 0. The third-order valence-electron chi connectivity index (χ3n) is 4.68. The summed E-state index contributed by atoms with van der Waals surface area (Å²) in [5.41, 5.74) is 2.57. The van der Waals surface area contributed by atoms with Gasteiger partial charge in [0.1, 0.15) is 5.65 Å². The Morgan fingerprint density at radius 1 is 1.18 bits per heavy atom. The first-order valence-corrected chi connectivity index (χ1v) is 7.72. The minimum absolute atomic E-state index is 0.120. The first kappa shape index (κ1) is 13.4. The number of hydrogen-bond acceptors (Lipinski definition) is 3. The molecule has 3 heterocycles. The zero-order valence-electron chi connectivity index (χ0n) is 12.2. The molecule has 2 aromatic rings. The van der Waals surface area contributed by atoms with Crippen molar-refractivity contribution < 1.29 is 9.90 Å². The molecule has 1 saturated heterocycles. The molecule has 0 atom stereocenters. The van der Waals surface area contributed by atoms with Crippen LogP contribution in [0.1, 0.15) is 48.9 Å². The van der Waals surface area contributed by atoms with E-state index in [-0.39, 0.29) is 11.5 Å². The Morgan fingerprint density at radius 3 is 2.55 bits per heavy atom. The van der Waals surface area contributed by atoms with Gasteiger partial charge in [0.15, 0.2) is 0 Å². The molecular formula is C15H18N4O3. The Morgan fingerprint density at radius 2 is 1.91 bits per heavy atom. The molecule has 2 N–H and O–H groups in total. The maximum Gasteiger partial charge on any atom is 0.407 e. The van der Waals surface area contributed by atoms with E-state index in [0.29, 0.717) is 19.0 Å². The molecule has 4 rings (SSSR count). The van der Waals surface area contributed by atoms with Crippen LogP contribution in [-0.2, 0) is 0 Å². The molecule has 2 fully saturated rings. The van der Waals surface area contributed by atoms with E-state index in [4.69, 9.17) is 5.11 Å². The maximum absolute atomic E-state index is 11.9. The largest absolute Gasteiger partial charge is 0.465 e. The highest BCUT2D eigenvalue weighted by Crippen LogP contribution is 2.39. The summed E-state index contributed by atoms with van der Waals surface area (Å²) in [6.45, 7) is 1.01. The molecule has 7 heteroatoms. The van der Waals surface area contributed by atoms with Gasteiger partial charge in [-0.3, -0.25) is 4.79 Å². The Labute approximate surface area is 126 Å². The molecule has 2 aliphatic rings. The number of amides is 1. The maximum atomic E-state index is 11.9. The van der Waals surface area contributed by atoms with Gasteiger partial charge >= 0.3 is 6.09 Å². The zero-order chi connectivity index (χ0) is 15.3. The molecule has 2 aromatic heterocycles. The highest BCUT2D eigenvalue weighted by atomic mass is 16.4. The number of carboxylic acid groups (broad SMARTS) is 1. The summed E-state index contributed by atoms with van der Waals surface area (Å²) in [5, 5.41) is 13.7. The van der Waals surface area contributed by atoms with Gasteiger partial charge in [0, 0.05) is 37.1 Å². The average Bonchev–Trinajstić information content (AvgIpc) is 3.27. The third kappa shape index (κ3) is 2.26. The van der Waals surface area contributed by atoms with Crippen molar-refractivity contribution in [2.75, 3.05) is 13.1 Å². The summed E-state index contributed by atoms with van der Waals surface area (Å²) in [5.74, 6) is 0.706. The van der Waals surface area contributed by atoms with Crippen molar-refractivity contribution >= 4 is 11.7 Å². The van der Waals surface area contributed by atoms with Gasteiger partial charge in [-0.1, -0.05) is 0 Å². The van der Waals surface area contributed by atoms with Gasteiger partial charge < -0.3 is 15.0 Å². The summed E-state index contributed by atoms with van der Waals surface area (Å²) in [7, 11) is 0. The second-order valence-corrected chi connectivity index (χ2v) is 6.24. The summed E-state index contributed by atoms with van der Waals surface area (Å²) in [6.07, 6.45) is 2.91. The van der Waals surface area contributed by atoms with Crippen LogP contribution in [0.3, 0.4) is 0 Å². The number of likely N-dealkylation sites (tertiary alicyclic amines) is 1. The lowest BCUT2D eigenvalue weighted by Crippen LogP contribution is -2.37. The highest BCUT2D eigenvalue weighted by Gasteiger charge is 2.29. The number of nitrogens with one attached hydrogen (secondary N) is 1. The Hall–Kier alpha value is -2.31. The normalized spacial score (nSPS) is 19.7. The molecule has 1 amide bonds.